The lowest BCUT2D eigenvalue weighted by molar-refractivity contribution is -0.117. The number of anilines is 1. The molecule has 0 aliphatic heterocycles. The van der Waals surface area contributed by atoms with Crippen LogP contribution in [0, 0.1) is 5.82 Å². The van der Waals surface area contributed by atoms with E-state index in [-0.39, 0.29) is 17.5 Å². The van der Waals surface area contributed by atoms with E-state index < -0.39 is 5.82 Å². The van der Waals surface area contributed by atoms with Crippen LogP contribution in [0.5, 0.6) is 0 Å². The van der Waals surface area contributed by atoms with Crippen LogP contribution in [0.15, 0.2) is 48.5 Å². The van der Waals surface area contributed by atoms with E-state index in [0.717, 1.165) is 5.56 Å². The van der Waals surface area contributed by atoms with E-state index in [1.54, 1.807) is 6.07 Å². The summed E-state index contributed by atoms with van der Waals surface area (Å²) in [4.78, 5) is 12.3. The molecular weight excluding hydrogens is 277 g/mol. The molecule has 1 N–H and O–H groups in total. The lowest BCUT2D eigenvalue weighted by Gasteiger charge is -2.15. The van der Waals surface area contributed by atoms with Crippen LogP contribution < -0.4 is 5.32 Å². The number of carbonyl (C=O) groups excluding carboxylic acids is 1. The maximum Gasteiger partial charge on any atom is 0.231 e. The molecule has 0 bridgehead atoms. The fourth-order valence-electron chi connectivity index (χ4n) is 2.07. The SMILES string of the molecule is CC[C@H](C(=O)Nc1ccc(Cl)cc1F)c1ccccc1. The van der Waals surface area contributed by atoms with Crippen molar-refractivity contribution < 1.29 is 9.18 Å². The predicted octanol–water partition coefficient (Wildman–Crippen LogP) is 4.61. The normalized spacial score (nSPS) is 11.9. The second-order valence-corrected chi connectivity index (χ2v) is 4.92. The zero-order valence-electron chi connectivity index (χ0n) is 11.1. The van der Waals surface area contributed by atoms with Crippen molar-refractivity contribution in [3.8, 4) is 0 Å². The number of amides is 1. The van der Waals surface area contributed by atoms with Crippen molar-refractivity contribution in [2.24, 2.45) is 0 Å². The molecule has 20 heavy (non-hydrogen) atoms. The van der Waals surface area contributed by atoms with Gasteiger partial charge >= 0.3 is 0 Å². The number of carbonyl (C=O) groups is 1. The Morgan fingerprint density at radius 1 is 1.25 bits per heavy atom. The maximum atomic E-state index is 13.7. The summed E-state index contributed by atoms with van der Waals surface area (Å²) in [5, 5.41) is 2.92. The number of rotatable bonds is 4. The van der Waals surface area contributed by atoms with E-state index in [9.17, 15) is 9.18 Å². The zero-order chi connectivity index (χ0) is 14.5. The van der Waals surface area contributed by atoms with E-state index in [1.165, 1.54) is 12.1 Å². The highest BCUT2D eigenvalue weighted by molar-refractivity contribution is 6.30. The molecule has 0 heterocycles. The largest absolute Gasteiger partial charge is 0.323 e. The first-order valence-electron chi connectivity index (χ1n) is 6.42. The van der Waals surface area contributed by atoms with Crippen LogP contribution in [0.4, 0.5) is 10.1 Å². The Morgan fingerprint density at radius 2 is 1.95 bits per heavy atom. The standard InChI is InChI=1S/C16H15ClFNO/c1-2-13(11-6-4-3-5-7-11)16(20)19-15-9-8-12(17)10-14(15)18/h3-10,13H,2H2,1H3,(H,19,20)/t13-/m0/s1. The van der Waals surface area contributed by atoms with Gasteiger partial charge in [0.2, 0.25) is 5.91 Å². The lowest BCUT2D eigenvalue weighted by atomic mass is 9.95. The van der Waals surface area contributed by atoms with Crippen LogP contribution >= 0.6 is 11.6 Å². The highest BCUT2D eigenvalue weighted by atomic mass is 35.5. The molecule has 0 unspecified atom stereocenters. The topological polar surface area (TPSA) is 29.1 Å². The molecule has 0 saturated carbocycles. The molecule has 2 rings (SSSR count). The van der Waals surface area contributed by atoms with Gasteiger partial charge in [-0.2, -0.15) is 0 Å². The lowest BCUT2D eigenvalue weighted by Crippen LogP contribution is -2.21. The Bertz CT molecular complexity index is 601. The molecule has 4 heteroatoms. The fourth-order valence-corrected chi connectivity index (χ4v) is 2.23. The van der Waals surface area contributed by atoms with Crippen molar-refractivity contribution in [1.82, 2.24) is 0 Å². The van der Waals surface area contributed by atoms with E-state index in [2.05, 4.69) is 5.32 Å². The van der Waals surface area contributed by atoms with E-state index in [0.29, 0.717) is 11.4 Å². The first-order chi connectivity index (χ1) is 9.61. The first kappa shape index (κ1) is 14.5. The number of benzene rings is 2. The second-order valence-electron chi connectivity index (χ2n) is 4.48. The molecular formula is C16H15ClFNO. The van der Waals surface area contributed by atoms with Gasteiger partial charge in [0.15, 0.2) is 0 Å². The van der Waals surface area contributed by atoms with E-state index >= 15 is 0 Å². The third-order valence-corrected chi connectivity index (χ3v) is 3.35. The van der Waals surface area contributed by atoms with Crippen molar-refractivity contribution in [1.29, 1.82) is 0 Å². The monoisotopic (exact) mass is 291 g/mol. The Balaban J connectivity index is 2.18. The van der Waals surface area contributed by atoms with Crippen LogP contribution in [0.25, 0.3) is 0 Å². The number of hydrogen-bond acceptors (Lipinski definition) is 1. The van der Waals surface area contributed by atoms with Gasteiger partial charge in [0, 0.05) is 5.02 Å². The van der Waals surface area contributed by atoms with Crippen LogP contribution in [-0.2, 0) is 4.79 Å². The summed E-state index contributed by atoms with van der Waals surface area (Å²) in [7, 11) is 0. The van der Waals surface area contributed by atoms with Crippen LogP contribution in [0.3, 0.4) is 0 Å². The molecule has 0 aliphatic rings. The molecule has 0 spiro atoms. The minimum absolute atomic E-state index is 0.147. The highest BCUT2D eigenvalue weighted by Gasteiger charge is 2.19. The second kappa shape index (κ2) is 6.53. The molecule has 0 fully saturated rings. The summed E-state index contributed by atoms with van der Waals surface area (Å²) in [5.74, 6) is -1.06. The Hall–Kier alpha value is -1.87. The maximum absolute atomic E-state index is 13.7. The van der Waals surface area contributed by atoms with Gasteiger partial charge in [-0.05, 0) is 30.2 Å². The fraction of sp³-hybridized carbons (Fsp3) is 0.188. The Labute approximate surface area is 122 Å². The molecule has 2 aromatic rings. The van der Waals surface area contributed by atoms with Gasteiger partial charge in [0.25, 0.3) is 0 Å². The molecule has 0 radical (unpaired) electrons. The van der Waals surface area contributed by atoms with Crippen molar-refractivity contribution in [2.75, 3.05) is 5.32 Å². The van der Waals surface area contributed by atoms with Crippen molar-refractivity contribution >= 4 is 23.2 Å². The Kier molecular flexibility index (Phi) is 4.74. The molecule has 2 nitrogen and oxygen atoms in total. The molecule has 0 aromatic heterocycles. The van der Waals surface area contributed by atoms with Gasteiger partial charge < -0.3 is 5.32 Å². The summed E-state index contributed by atoms with van der Waals surface area (Å²) in [6.45, 7) is 1.93. The average molecular weight is 292 g/mol. The van der Waals surface area contributed by atoms with Crippen LogP contribution in [0.2, 0.25) is 5.02 Å². The third-order valence-electron chi connectivity index (χ3n) is 3.12. The van der Waals surface area contributed by atoms with Crippen molar-refractivity contribution in [3.63, 3.8) is 0 Å². The van der Waals surface area contributed by atoms with Gasteiger partial charge in [-0.25, -0.2) is 4.39 Å². The number of nitrogens with one attached hydrogen (secondary N) is 1. The molecule has 0 aliphatic carbocycles. The predicted molar refractivity (Wildman–Crippen MR) is 79.5 cm³/mol. The van der Waals surface area contributed by atoms with Gasteiger partial charge in [-0.1, -0.05) is 48.9 Å². The van der Waals surface area contributed by atoms with Crippen molar-refractivity contribution in [3.05, 3.63) is 64.9 Å². The molecule has 1 amide bonds. The molecule has 1 atom stereocenters. The summed E-state index contributed by atoms with van der Waals surface area (Å²) in [5.41, 5.74) is 1.07. The minimum Gasteiger partial charge on any atom is -0.323 e. The molecule has 104 valence electrons. The Morgan fingerprint density at radius 3 is 2.55 bits per heavy atom. The molecule has 2 aromatic carbocycles. The highest BCUT2D eigenvalue weighted by Crippen LogP contribution is 2.24. The number of halogens is 2. The van der Waals surface area contributed by atoms with E-state index in [1.807, 2.05) is 37.3 Å². The smallest absolute Gasteiger partial charge is 0.231 e. The van der Waals surface area contributed by atoms with Gasteiger partial charge in [-0.15, -0.1) is 0 Å². The summed E-state index contributed by atoms with van der Waals surface area (Å²) >= 11 is 5.69. The van der Waals surface area contributed by atoms with E-state index in [4.69, 9.17) is 11.6 Å². The van der Waals surface area contributed by atoms with Crippen LogP contribution in [0.1, 0.15) is 24.8 Å². The first-order valence-corrected chi connectivity index (χ1v) is 6.80. The third kappa shape index (κ3) is 3.36. The molecule has 0 saturated heterocycles. The number of hydrogen-bond donors (Lipinski definition) is 1. The summed E-state index contributed by atoms with van der Waals surface area (Å²) in [6, 6.07) is 13.6. The quantitative estimate of drug-likeness (QED) is 0.875. The van der Waals surface area contributed by atoms with Gasteiger partial charge in [0.1, 0.15) is 5.82 Å². The average Bonchev–Trinajstić information content (AvgIpc) is 2.44. The van der Waals surface area contributed by atoms with Crippen LogP contribution in [-0.4, -0.2) is 5.91 Å². The summed E-state index contributed by atoms with van der Waals surface area (Å²) in [6.07, 6.45) is 0.644. The van der Waals surface area contributed by atoms with Crippen molar-refractivity contribution in [2.45, 2.75) is 19.3 Å². The van der Waals surface area contributed by atoms with Gasteiger partial charge in [0.05, 0.1) is 11.6 Å². The zero-order valence-corrected chi connectivity index (χ0v) is 11.8. The van der Waals surface area contributed by atoms with Gasteiger partial charge in [-0.3, -0.25) is 4.79 Å². The minimum atomic E-state index is -0.534. The summed E-state index contributed by atoms with van der Waals surface area (Å²) < 4.78 is 13.7.